The number of halogens is 1. The number of ether oxygens (including phenoxy) is 3. The normalized spacial score (nSPS) is 9.60. The molecule has 1 rings (SSSR count). The fourth-order valence-electron chi connectivity index (χ4n) is 1.35. The van der Waals surface area contributed by atoms with E-state index in [9.17, 15) is 0 Å². The Morgan fingerprint density at radius 1 is 1.07 bits per heavy atom. The van der Waals surface area contributed by atoms with E-state index in [1.54, 1.807) is 27.4 Å². The summed E-state index contributed by atoms with van der Waals surface area (Å²) < 4.78 is 16.8. The fourth-order valence-corrected chi connectivity index (χ4v) is 2.15. The van der Waals surface area contributed by atoms with Crippen LogP contribution in [-0.2, 0) is 0 Å². The Morgan fingerprint density at radius 3 is 2.00 bits per heavy atom. The smallest absolute Gasteiger partial charge is 0.205 e. The van der Waals surface area contributed by atoms with Crippen molar-refractivity contribution >= 4 is 28.7 Å². The third-order valence-corrected chi connectivity index (χ3v) is 2.81. The lowest BCUT2D eigenvalue weighted by Crippen LogP contribution is -1.98. The molecule has 0 fully saturated rings. The number of rotatable bonds is 4. The first-order valence-electron chi connectivity index (χ1n) is 4.30. The van der Waals surface area contributed by atoms with Crippen LogP contribution in [-0.4, -0.2) is 21.3 Å². The molecule has 4 heteroatoms. The van der Waals surface area contributed by atoms with Gasteiger partial charge in [0.2, 0.25) is 5.75 Å². The van der Waals surface area contributed by atoms with Crippen molar-refractivity contribution in [2.75, 3.05) is 21.3 Å². The van der Waals surface area contributed by atoms with Crippen LogP contribution < -0.4 is 14.2 Å². The van der Waals surface area contributed by atoms with Crippen molar-refractivity contribution in [3.05, 3.63) is 21.8 Å². The lowest BCUT2D eigenvalue weighted by atomic mass is 10.1. The summed E-state index contributed by atoms with van der Waals surface area (Å²) in [5.41, 5.74) is 0.888. The highest BCUT2D eigenvalue weighted by molar-refractivity contribution is 14.1. The van der Waals surface area contributed by atoms with E-state index in [0.717, 1.165) is 9.13 Å². The summed E-state index contributed by atoms with van der Waals surface area (Å²) in [6, 6.07) is 1.94. The van der Waals surface area contributed by atoms with Crippen LogP contribution in [0, 0.1) is 3.57 Å². The van der Waals surface area contributed by atoms with E-state index in [2.05, 4.69) is 29.2 Å². The number of methoxy groups -OCH3 is 3. The van der Waals surface area contributed by atoms with E-state index in [4.69, 9.17) is 14.2 Å². The van der Waals surface area contributed by atoms with Crippen molar-refractivity contribution in [1.82, 2.24) is 0 Å². The molecule has 0 spiro atoms. The molecular weight excluding hydrogens is 307 g/mol. The molecule has 0 unspecified atom stereocenters. The van der Waals surface area contributed by atoms with Gasteiger partial charge in [-0.25, -0.2) is 0 Å². The molecule has 15 heavy (non-hydrogen) atoms. The largest absolute Gasteiger partial charge is 0.492 e. The van der Waals surface area contributed by atoms with Crippen LogP contribution in [0.15, 0.2) is 12.6 Å². The van der Waals surface area contributed by atoms with Crippen LogP contribution in [0.2, 0.25) is 0 Å². The van der Waals surface area contributed by atoms with Gasteiger partial charge in [-0.3, -0.25) is 0 Å². The molecule has 3 nitrogen and oxygen atoms in total. The molecule has 0 aliphatic heterocycles. The molecular formula is C11H13IO3. The first-order chi connectivity index (χ1) is 7.19. The summed E-state index contributed by atoms with van der Waals surface area (Å²) in [6.07, 6.45) is 1.73. The maximum Gasteiger partial charge on any atom is 0.205 e. The fraction of sp³-hybridized carbons (Fsp3) is 0.273. The minimum atomic E-state index is 0.599. The second-order valence-corrected chi connectivity index (χ2v) is 3.91. The van der Waals surface area contributed by atoms with Gasteiger partial charge in [0.05, 0.1) is 24.9 Å². The molecule has 0 aliphatic carbocycles. The van der Waals surface area contributed by atoms with Gasteiger partial charge in [0, 0.05) is 5.56 Å². The first kappa shape index (κ1) is 12.2. The monoisotopic (exact) mass is 320 g/mol. The van der Waals surface area contributed by atoms with E-state index in [1.807, 2.05) is 6.07 Å². The molecule has 0 bridgehead atoms. The standard InChI is InChI=1S/C11H13IO3/c1-5-7-6-8(12)10(14-3)11(15-4)9(7)13-2/h5-6H,1H2,2-4H3. The Morgan fingerprint density at radius 2 is 1.60 bits per heavy atom. The van der Waals surface area contributed by atoms with Crippen molar-refractivity contribution in [3.63, 3.8) is 0 Å². The van der Waals surface area contributed by atoms with Gasteiger partial charge in [-0.15, -0.1) is 0 Å². The van der Waals surface area contributed by atoms with Gasteiger partial charge in [0.15, 0.2) is 11.5 Å². The lowest BCUT2D eigenvalue weighted by molar-refractivity contribution is 0.322. The van der Waals surface area contributed by atoms with E-state index in [1.165, 1.54) is 0 Å². The molecule has 0 aromatic heterocycles. The Balaban J connectivity index is 3.51. The molecule has 0 saturated carbocycles. The highest BCUT2D eigenvalue weighted by atomic mass is 127. The second-order valence-electron chi connectivity index (χ2n) is 2.75. The van der Waals surface area contributed by atoms with Gasteiger partial charge in [-0.2, -0.15) is 0 Å². The molecule has 0 atom stereocenters. The zero-order chi connectivity index (χ0) is 11.4. The Hall–Kier alpha value is -0.910. The summed E-state index contributed by atoms with van der Waals surface area (Å²) >= 11 is 2.18. The van der Waals surface area contributed by atoms with Gasteiger partial charge in [-0.05, 0) is 28.7 Å². The number of benzene rings is 1. The third-order valence-electron chi connectivity index (χ3n) is 2.01. The lowest BCUT2D eigenvalue weighted by Gasteiger charge is -2.15. The first-order valence-corrected chi connectivity index (χ1v) is 5.38. The van der Waals surface area contributed by atoms with Gasteiger partial charge in [0.1, 0.15) is 0 Å². The van der Waals surface area contributed by atoms with Crippen molar-refractivity contribution in [2.45, 2.75) is 0 Å². The van der Waals surface area contributed by atoms with Gasteiger partial charge < -0.3 is 14.2 Å². The van der Waals surface area contributed by atoms with Crippen molar-refractivity contribution in [1.29, 1.82) is 0 Å². The van der Waals surface area contributed by atoms with Crippen molar-refractivity contribution in [2.24, 2.45) is 0 Å². The zero-order valence-corrected chi connectivity index (χ0v) is 11.1. The predicted octanol–water partition coefficient (Wildman–Crippen LogP) is 2.96. The third kappa shape index (κ3) is 2.19. The maximum absolute atomic E-state index is 5.28. The molecule has 1 aromatic carbocycles. The van der Waals surface area contributed by atoms with Crippen LogP contribution in [0.25, 0.3) is 6.08 Å². The SMILES string of the molecule is C=Cc1cc(I)c(OC)c(OC)c1OC. The summed E-state index contributed by atoms with van der Waals surface area (Å²) in [6.45, 7) is 3.73. The van der Waals surface area contributed by atoms with Gasteiger partial charge in [0.25, 0.3) is 0 Å². The second kappa shape index (κ2) is 5.25. The van der Waals surface area contributed by atoms with Gasteiger partial charge in [-0.1, -0.05) is 12.7 Å². The predicted molar refractivity (Wildman–Crippen MR) is 68.9 cm³/mol. The van der Waals surface area contributed by atoms with E-state index in [0.29, 0.717) is 17.2 Å². The Bertz CT molecular complexity index is 375. The molecule has 0 N–H and O–H groups in total. The minimum Gasteiger partial charge on any atom is -0.492 e. The Kier molecular flexibility index (Phi) is 4.26. The summed E-state index contributed by atoms with van der Waals surface area (Å²) in [7, 11) is 4.79. The topological polar surface area (TPSA) is 27.7 Å². The number of hydrogen-bond acceptors (Lipinski definition) is 3. The van der Waals surface area contributed by atoms with Crippen molar-refractivity contribution in [3.8, 4) is 17.2 Å². The average molecular weight is 320 g/mol. The molecule has 0 saturated heterocycles. The quantitative estimate of drug-likeness (QED) is 0.799. The number of hydrogen-bond donors (Lipinski definition) is 0. The molecule has 0 aliphatic rings. The van der Waals surface area contributed by atoms with Gasteiger partial charge >= 0.3 is 0 Å². The highest BCUT2D eigenvalue weighted by Gasteiger charge is 2.17. The summed E-state index contributed by atoms with van der Waals surface area (Å²) in [5.74, 6) is 1.92. The molecule has 0 heterocycles. The van der Waals surface area contributed by atoms with Crippen LogP contribution in [0.3, 0.4) is 0 Å². The maximum atomic E-state index is 5.28. The van der Waals surface area contributed by atoms with Crippen LogP contribution >= 0.6 is 22.6 Å². The van der Waals surface area contributed by atoms with Crippen LogP contribution in [0.4, 0.5) is 0 Å². The van der Waals surface area contributed by atoms with Crippen LogP contribution in [0.1, 0.15) is 5.56 Å². The minimum absolute atomic E-state index is 0.599. The molecule has 1 aromatic rings. The average Bonchev–Trinajstić information content (AvgIpc) is 2.27. The summed E-state index contributed by atoms with van der Waals surface area (Å²) in [4.78, 5) is 0. The highest BCUT2D eigenvalue weighted by Crippen LogP contribution is 2.43. The van der Waals surface area contributed by atoms with E-state index < -0.39 is 0 Å². The van der Waals surface area contributed by atoms with E-state index in [-0.39, 0.29) is 0 Å². The summed E-state index contributed by atoms with van der Waals surface area (Å²) in [5, 5.41) is 0. The molecule has 0 amide bonds. The molecule has 0 radical (unpaired) electrons. The Labute approximate surface area is 103 Å². The zero-order valence-electron chi connectivity index (χ0n) is 8.96. The van der Waals surface area contributed by atoms with E-state index >= 15 is 0 Å². The molecule has 82 valence electrons. The van der Waals surface area contributed by atoms with Crippen molar-refractivity contribution < 1.29 is 14.2 Å². The van der Waals surface area contributed by atoms with Crippen LogP contribution in [0.5, 0.6) is 17.2 Å².